The molecule has 1 atom stereocenters. The number of amides is 2. The number of hydrogen-bond acceptors (Lipinski definition) is 3. The molecule has 0 aromatic heterocycles. The van der Waals surface area contributed by atoms with Gasteiger partial charge < -0.3 is 19.6 Å². The monoisotopic (exact) mass is 300 g/mol. The van der Waals surface area contributed by atoms with E-state index in [1.165, 1.54) is 0 Å². The van der Waals surface area contributed by atoms with Crippen molar-refractivity contribution in [1.29, 1.82) is 0 Å². The molecule has 1 heterocycles. The maximum atomic E-state index is 12.5. The first kappa shape index (κ1) is 17.8. The van der Waals surface area contributed by atoms with Gasteiger partial charge in [0.1, 0.15) is 0 Å². The summed E-state index contributed by atoms with van der Waals surface area (Å²) in [4.78, 5) is 26.7. The number of carboxylic acid groups (broad SMARTS) is 1. The van der Waals surface area contributed by atoms with Crippen LogP contribution in [0.5, 0.6) is 0 Å². The van der Waals surface area contributed by atoms with Crippen LogP contribution in [-0.4, -0.2) is 65.8 Å². The van der Waals surface area contributed by atoms with Crippen LogP contribution < -0.4 is 0 Å². The molecule has 6 heteroatoms. The minimum absolute atomic E-state index is 0.0163. The third-order valence-electron chi connectivity index (χ3n) is 3.77. The van der Waals surface area contributed by atoms with Crippen LogP contribution in [-0.2, 0) is 9.53 Å². The van der Waals surface area contributed by atoms with Crippen LogP contribution in [0.4, 0.5) is 4.79 Å². The van der Waals surface area contributed by atoms with Crippen molar-refractivity contribution >= 4 is 12.0 Å². The van der Waals surface area contributed by atoms with Gasteiger partial charge in [-0.2, -0.15) is 0 Å². The number of carbonyl (C=O) groups is 2. The van der Waals surface area contributed by atoms with Crippen LogP contribution in [0, 0.1) is 0 Å². The molecule has 1 fully saturated rings. The minimum atomic E-state index is -0.799. The van der Waals surface area contributed by atoms with E-state index in [9.17, 15) is 9.59 Å². The van der Waals surface area contributed by atoms with Crippen molar-refractivity contribution in [2.75, 3.05) is 26.7 Å². The van der Waals surface area contributed by atoms with Crippen molar-refractivity contribution in [3.8, 4) is 0 Å². The second kappa shape index (κ2) is 8.87. The van der Waals surface area contributed by atoms with E-state index in [-0.39, 0.29) is 24.6 Å². The van der Waals surface area contributed by atoms with Crippen molar-refractivity contribution in [1.82, 2.24) is 9.80 Å². The third-order valence-corrected chi connectivity index (χ3v) is 3.77. The van der Waals surface area contributed by atoms with Crippen LogP contribution in [0.2, 0.25) is 0 Å². The second-order valence-corrected chi connectivity index (χ2v) is 5.90. The molecule has 122 valence electrons. The highest BCUT2D eigenvalue weighted by atomic mass is 16.5. The van der Waals surface area contributed by atoms with Crippen molar-refractivity contribution < 1.29 is 19.4 Å². The number of nitrogens with zero attached hydrogens (tertiary/aromatic N) is 2. The highest BCUT2D eigenvalue weighted by molar-refractivity contribution is 5.74. The fourth-order valence-corrected chi connectivity index (χ4v) is 2.58. The summed E-state index contributed by atoms with van der Waals surface area (Å²) in [6.07, 6.45) is 3.77. The predicted molar refractivity (Wildman–Crippen MR) is 80.3 cm³/mol. The zero-order valence-corrected chi connectivity index (χ0v) is 13.4. The molecule has 0 spiro atoms. The molecule has 1 saturated heterocycles. The molecule has 0 aliphatic carbocycles. The maximum Gasteiger partial charge on any atom is 0.320 e. The summed E-state index contributed by atoms with van der Waals surface area (Å²) in [7, 11) is 1.77. The van der Waals surface area contributed by atoms with E-state index in [4.69, 9.17) is 9.84 Å². The summed E-state index contributed by atoms with van der Waals surface area (Å²) in [5.41, 5.74) is 0. The van der Waals surface area contributed by atoms with Gasteiger partial charge in [0.15, 0.2) is 0 Å². The molecule has 0 saturated carbocycles. The van der Waals surface area contributed by atoms with Gasteiger partial charge in [0.25, 0.3) is 0 Å². The Kier molecular flexibility index (Phi) is 7.50. The van der Waals surface area contributed by atoms with Gasteiger partial charge in [0.05, 0.1) is 12.7 Å². The first-order valence-electron chi connectivity index (χ1n) is 7.77. The first-order chi connectivity index (χ1) is 9.91. The zero-order valence-electron chi connectivity index (χ0n) is 13.4. The highest BCUT2D eigenvalue weighted by Crippen LogP contribution is 2.22. The average Bonchev–Trinajstić information content (AvgIpc) is 2.44. The molecule has 6 nitrogen and oxygen atoms in total. The van der Waals surface area contributed by atoms with E-state index in [0.29, 0.717) is 19.6 Å². The van der Waals surface area contributed by atoms with Gasteiger partial charge in [-0.25, -0.2) is 4.79 Å². The largest absolute Gasteiger partial charge is 0.481 e. The number of carbonyl (C=O) groups excluding carboxylic acids is 1. The van der Waals surface area contributed by atoms with E-state index in [0.717, 1.165) is 25.8 Å². The number of likely N-dealkylation sites (N-methyl/N-ethyl adjacent to an activating group) is 1. The summed E-state index contributed by atoms with van der Waals surface area (Å²) in [6, 6.07) is 0.0354. The van der Waals surface area contributed by atoms with Crippen LogP contribution in [0.3, 0.4) is 0 Å². The molecule has 1 aliphatic rings. The fourth-order valence-electron chi connectivity index (χ4n) is 2.58. The molecule has 0 bridgehead atoms. The van der Waals surface area contributed by atoms with E-state index in [1.807, 2.05) is 18.7 Å². The van der Waals surface area contributed by atoms with Crippen molar-refractivity contribution in [3.63, 3.8) is 0 Å². The lowest BCUT2D eigenvalue weighted by molar-refractivity contribution is -0.137. The van der Waals surface area contributed by atoms with E-state index < -0.39 is 5.97 Å². The molecule has 1 unspecified atom stereocenters. The molecule has 21 heavy (non-hydrogen) atoms. The highest BCUT2D eigenvalue weighted by Gasteiger charge is 2.28. The van der Waals surface area contributed by atoms with Crippen molar-refractivity contribution in [3.05, 3.63) is 0 Å². The molecule has 1 aliphatic heterocycles. The molecular formula is C15H28N2O4. The van der Waals surface area contributed by atoms with Gasteiger partial charge in [0, 0.05) is 32.6 Å². The SMILES string of the molecule is CC(C)OCCN(C)C(=O)N1CCCCC1CCC(=O)O. The van der Waals surface area contributed by atoms with Gasteiger partial charge in [-0.05, 0) is 39.5 Å². The minimum Gasteiger partial charge on any atom is -0.481 e. The molecule has 2 amide bonds. The van der Waals surface area contributed by atoms with E-state index in [2.05, 4.69) is 0 Å². The zero-order chi connectivity index (χ0) is 15.8. The van der Waals surface area contributed by atoms with Gasteiger partial charge in [-0.1, -0.05) is 0 Å². The predicted octanol–water partition coefficient (Wildman–Crippen LogP) is 2.18. The summed E-state index contributed by atoms with van der Waals surface area (Å²) < 4.78 is 5.47. The number of hydrogen-bond donors (Lipinski definition) is 1. The third kappa shape index (κ3) is 6.33. The Morgan fingerprint density at radius 3 is 2.71 bits per heavy atom. The van der Waals surface area contributed by atoms with Crippen molar-refractivity contribution in [2.24, 2.45) is 0 Å². The van der Waals surface area contributed by atoms with Gasteiger partial charge in [-0.3, -0.25) is 4.79 Å². The van der Waals surface area contributed by atoms with Crippen LogP contribution in [0.25, 0.3) is 0 Å². The summed E-state index contributed by atoms with van der Waals surface area (Å²) in [5.74, 6) is -0.799. The van der Waals surface area contributed by atoms with Crippen LogP contribution in [0.1, 0.15) is 46.0 Å². The lowest BCUT2D eigenvalue weighted by Gasteiger charge is -2.38. The summed E-state index contributed by atoms with van der Waals surface area (Å²) in [6.45, 7) is 5.73. The Labute approximate surface area is 127 Å². The number of aliphatic carboxylic acids is 1. The number of piperidine rings is 1. The molecular weight excluding hydrogens is 272 g/mol. The van der Waals surface area contributed by atoms with Gasteiger partial charge in [0.2, 0.25) is 0 Å². The summed E-state index contributed by atoms with van der Waals surface area (Å²) in [5, 5.41) is 8.82. The van der Waals surface area contributed by atoms with Gasteiger partial charge >= 0.3 is 12.0 Å². The quantitative estimate of drug-likeness (QED) is 0.782. The standard InChI is InChI=1S/C15H28N2O4/c1-12(2)21-11-10-16(3)15(20)17-9-5-4-6-13(17)7-8-14(18)19/h12-13H,4-11H2,1-3H3,(H,18,19). The lowest BCUT2D eigenvalue weighted by Crippen LogP contribution is -2.50. The number of ether oxygens (including phenoxy) is 1. The smallest absolute Gasteiger partial charge is 0.320 e. The van der Waals surface area contributed by atoms with E-state index in [1.54, 1.807) is 11.9 Å². The molecule has 0 aromatic carbocycles. The van der Waals surface area contributed by atoms with Crippen LogP contribution >= 0.6 is 0 Å². The van der Waals surface area contributed by atoms with Crippen molar-refractivity contribution in [2.45, 2.75) is 58.1 Å². The van der Waals surface area contributed by atoms with Gasteiger partial charge in [-0.15, -0.1) is 0 Å². The Hall–Kier alpha value is -1.30. The second-order valence-electron chi connectivity index (χ2n) is 5.90. The molecule has 0 aromatic rings. The molecule has 1 N–H and O–H groups in total. The Morgan fingerprint density at radius 2 is 2.10 bits per heavy atom. The molecule has 1 rings (SSSR count). The Bertz CT molecular complexity index is 347. The average molecular weight is 300 g/mol. The number of likely N-dealkylation sites (tertiary alicyclic amines) is 1. The van der Waals surface area contributed by atoms with E-state index >= 15 is 0 Å². The molecule has 0 radical (unpaired) electrons. The topological polar surface area (TPSA) is 70.1 Å². The normalized spacial score (nSPS) is 18.9. The fraction of sp³-hybridized carbons (Fsp3) is 0.867. The maximum absolute atomic E-state index is 12.5. The van der Waals surface area contributed by atoms with Crippen LogP contribution in [0.15, 0.2) is 0 Å². The number of carboxylic acids is 1. The Morgan fingerprint density at radius 1 is 1.38 bits per heavy atom. The summed E-state index contributed by atoms with van der Waals surface area (Å²) >= 11 is 0. The lowest BCUT2D eigenvalue weighted by atomic mass is 9.98. The Balaban J connectivity index is 2.49. The number of urea groups is 1. The number of rotatable bonds is 7. The first-order valence-corrected chi connectivity index (χ1v) is 7.77.